The first-order valence-electron chi connectivity index (χ1n) is 4.76. The van der Waals surface area contributed by atoms with Crippen LogP contribution in [0.1, 0.15) is 11.5 Å². The molecule has 1 heterocycles. The number of ether oxygens (including phenoxy) is 1. The van der Waals surface area contributed by atoms with E-state index in [9.17, 15) is 4.79 Å². The van der Waals surface area contributed by atoms with Crippen LogP contribution in [0, 0.1) is 6.92 Å². The van der Waals surface area contributed by atoms with Gasteiger partial charge in [0.25, 0.3) is 0 Å². The summed E-state index contributed by atoms with van der Waals surface area (Å²) in [4.78, 5) is 15.5. The maximum absolute atomic E-state index is 11.3. The molecule has 0 unspecified atom stereocenters. The van der Waals surface area contributed by atoms with Crippen molar-refractivity contribution < 1.29 is 13.9 Å². The van der Waals surface area contributed by atoms with Crippen LogP contribution >= 0.6 is 0 Å². The molecule has 0 amide bonds. The number of benzene rings is 1. The summed E-state index contributed by atoms with van der Waals surface area (Å²) >= 11 is 0. The maximum Gasteiger partial charge on any atom is 0.337 e. The van der Waals surface area contributed by atoms with Crippen molar-refractivity contribution in [1.29, 1.82) is 0 Å². The van der Waals surface area contributed by atoms with Crippen molar-refractivity contribution in [2.24, 2.45) is 0 Å². The maximum atomic E-state index is 11.3. The first-order valence-corrected chi connectivity index (χ1v) is 4.76. The van der Waals surface area contributed by atoms with E-state index < -0.39 is 5.97 Å². The number of fused-ring (bicyclic) bond motifs is 1. The number of methoxy groups -OCH3 is 1. The molecule has 1 aromatic carbocycles. The number of oxazole rings is 1. The van der Waals surface area contributed by atoms with Gasteiger partial charge in [-0.15, -0.1) is 0 Å². The molecule has 0 spiro atoms. The van der Waals surface area contributed by atoms with Crippen LogP contribution in [0.15, 0.2) is 29.2 Å². The normalized spacial score (nSPS) is 10.4. The third-order valence-corrected chi connectivity index (χ3v) is 2.27. The average molecular weight is 217 g/mol. The van der Waals surface area contributed by atoms with E-state index in [1.807, 2.05) is 0 Å². The molecule has 0 aliphatic rings. The van der Waals surface area contributed by atoms with Crippen LogP contribution in [-0.4, -0.2) is 18.1 Å². The van der Waals surface area contributed by atoms with Crippen LogP contribution in [0.5, 0.6) is 0 Å². The zero-order chi connectivity index (χ0) is 11.7. The second-order valence-corrected chi connectivity index (χ2v) is 3.39. The molecular formula is C12H11NO3. The zero-order valence-electron chi connectivity index (χ0n) is 9.11. The largest absolute Gasteiger partial charge is 0.465 e. The number of aromatic nitrogens is 1. The molecule has 0 fully saturated rings. The van der Waals surface area contributed by atoms with Crippen molar-refractivity contribution in [2.75, 3.05) is 7.11 Å². The number of hydrogen-bond donors (Lipinski definition) is 0. The van der Waals surface area contributed by atoms with E-state index >= 15 is 0 Å². The predicted molar refractivity (Wildman–Crippen MR) is 59.8 cm³/mol. The van der Waals surface area contributed by atoms with E-state index in [2.05, 4.69) is 16.3 Å². The van der Waals surface area contributed by atoms with Gasteiger partial charge in [0.05, 0.1) is 12.7 Å². The molecule has 2 aromatic rings. The predicted octanol–water partition coefficient (Wildman–Crippen LogP) is 2.32. The van der Waals surface area contributed by atoms with E-state index in [0.717, 1.165) is 0 Å². The Kier molecular flexibility index (Phi) is 2.48. The van der Waals surface area contributed by atoms with E-state index in [-0.39, 0.29) is 0 Å². The number of esters is 1. The summed E-state index contributed by atoms with van der Waals surface area (Å²) in [6.45, 7) is 5.45. The molecule has 0 saturated heterocycles. The molecule has 0 radical (unpaired) electrons. The Hall–Kier alpha value is -2.10. The quantitative estimate of drug-likeness (QED) is 0.572. The van der Waals surface area contributed by atoms with Gasteiger partial charge in [-0.05, 0) is 17.7 Å². The molecular weight excluding hydrogens is 206 g/mol. The molecule has 4 nitrogen and oxygen atoms in total. The summed E-state index contributed by atoms with van der Waals surface area (Å²) in [5.74, 6) is 0.149. The molecule has 0 bridgehead atoms. The number of carbonyl (C=O) groups excluding carboxylic acids is 1. The minimum atomic E-state index is -0.445. The fourth-order valence-electron chi connectivity index (χ4n) is 1.47. The molecule has 16 heavy (non-hydrogen) atoms. The average Bonchev–Trinajstić information content (AvgIpc) is 2.65. The number of rotatable bonds is 2. The van der Waals surface area contributed by atoms with Crippen molar-refractivity contribution in [3.8, 4) is 0 Å². The van der Waals surface area contributed by atoms with Crippen LogP contribution in [0.4, 0.5) is 0 Å². The molecule has 1 aromatic heterocycles. The van der Waals surface area contributed by atoms with Gasteiger partial charge in [0, 0.05) is 6.92 Å². The Labute approximate surface area is 92.5 Å². The lowest BCUT2D eigenvalue weighted by Crippen LogP contribution is -2.02. The smallest absolute Gasteiger partial charge is 0.337 e. The Bertz CT molecular complexity index is 569. The summed E-state index contributed by atoms with van der Waals surface area (Å²) in [6, 6.07) is 5.27. The molecule has 82 valence electrons. The number of aryl methyl sites for hydroxylation is 1. The minimum Gasteiger partial charge on any atom is -0.465 e. The molecule has 4 heteroatoms. The van der Waals surface area contributed by atoms with Crippen molar-refractivity contribution in [3.05, 3.63) is 36.2 Å². The summed E-state index contributed by atoms with van der Waals surface area (Å²) < 4.78 is 9.93. The summed E-state index contributed by atoms with van der Waals surface area (Å²) in [6.07, 6.45) is 0. The van der Waals surface area contributed by atoms with E-state index in [4.69, 9.17) is 4.42 Å². The van der Waals surface area contributed by atoms with Crippen molar-refractivity contribution >= 4 is 22.6 Å². The third kappa shape index (κ3) is 1.69. The lowest BCUT2D eigenvalue weighted by molar-refractivity contribution is -0.133. The van der Waals surface area contributed by atoms with Gasteiger partial charge in [-0.1, -0.05) is 12.6 Å². The van der Waals surface area contributed by atoms with Gasteiger partial charge in [0.15, 0.2) is 11.5 Å². The molecule has 0 N–H and O–H groups in total. The Morgan fingerprint density at radius 3 is 2.94 bits per heavy atom. The second-order valence-electron chi connectivity index (χ2n) is 3.39. The highest BCUT2D eigenvalue weighted by Gasteiger charge is 2.11. The van der Waals surface area contributed by atoms with Crippen molar-refractivity contribution in [2.45, 2.75) is 6.92 Å². The first kappa shape index (κ1) is 10.4. The topological polar surface area (TPSA) is 52.3 Å². The van der Waals surface area contributed by atoms with Gasteiger partial charge in [-0.25, -0.2) is 9.78 Å². The van der Waals surface area contributed by atoms with Crippen molar-refractivity contribution in [1.82, 2.24) is 4.98 Å². The molecule has 2 rings (SSSR count). The molecule has 0 aliphatic carbocycles. The standard InChI is InChI=1S/C12H11NO3/c1-7(12(14)15-3)9-4-5-11-10(6-9)13-8(2)16-11/h4-6H,1H2,2-3H3. The van der Waals surface area contributed by atoms with E-state index in [0.29, 0.717) is 28.1 Å². The number of nitrogens with zero attached hydrogens (tertiary/aromatic N) is 1. The van der Waals surface area contributed by atoms with E-state index in [1.54, 1.807) is 25.1 Å². The van der Waals surface area contributed by atoms with Crippen LogP contribution in [0.25, 0.3) is 16.7 Å². The van der Waals surface area contributed by atoms with Crippen LogP contribution < -0.4 is 0 Å². The van der Waals surface area contributed by atoms with Gasteiger partial charge < -0.3 is 9.15 Å². The van der Waals surface area contributed by atoms with E-state index in [1.165, 1.54) is 7.11 Å². The van der Waals surface area contributed by atoms with Crippen LogP contribution in [0.3, 0.4) is 0 Å². The Morgan fingerprint density at radius 1 is 1.50 bits per heavy atom. The van der Waals surface area contributed by atoms with Gasteiger partial charge in [-0.3, -0.25) is 0 Å². The zero-order valence-corrected chi connectivity index (χ0v) is 9.11. The lowest BCUT2D eigenvalue weighted by atomic mass is 10.1. The third-order valence-electron chi connectivity index (χ3n) is 2.27. The molecule has 0 saturated carbocycles. The van der Waals surface area contributed by atoms with Gasteiger partial charge in [0.1, 0.15) is 5.52 Å². The van der Waals surface area contributed by atoms with Gasteiger partial charge >= 0.3 is 5.97 Å². The van der Waals surface area contributed by atoms with Gasteiger partial charge in [-0.2, -0.15) is 0 Å². The van der Waals surface area contributed by atoms with Crippen LogP contribution in [0.2, 0.25) is 0 Å². The van der Waals surface area contributed by atoms with Gasteiger partial charge in [0.2, 0.25) is 0 Å². The second kappa shape index (κ2) is 3.81. The number of hydrogen-bond acceptors (Lipinski definition) is 4. The summed E-state index contributed by atoms with van der Waals surface area (Å²) in [5, 5.41) is 0. The summed E-state index contributed by atoms with van der Waals surface area (Å²) in [7, 11) is 1.33. The van der Waals surface area contributed by atoms with Crippen molar-refractivity contribution in [3.63, 3.8) is 0 Å². The first-order chi connectivity index (χ1) is 7.61. The fourth-order valence-corrected chi connectivity index (χ4v) is 1.47. The monoisotopic (exact) mass is 217 g/mol. The SMILES string of the molecule is C=C(C(=O)OC)c1ccc2oc(C)nc2c1. The van der Waals surface area contributed by atoms with Crippen LogP contribution in [-0.2, 0) is 9.53 Å². The minimum absolute atomic E-state index is 0.310. The Balaban J connectivity index is 2.46. The highest BCUT2D eigenvalue weighted by atomic mass is 16.5. The summed E-state index contributed by atoms with van der Waals surface area (Å²) in [5.41, 5.74) is 2.40. The highest BCUT2D eigenvalue weighted by molar-refractivity contribution is 6.16. The molecule has 0 aliphatic heterocycles. The Morgan fingerprint density at radius 2 is 2.25 bits per heavy atom. The number of carbonyl (C=O) groups is 1. The molecule has 0 atom stereocenters. The fraction of sp³-hybridized carbons (Fsp3) is 0.167. The lowest BCUT2D eigenvalue weighted by Gasteiger charge is -2.02. The highest BCUT2D eigenvalue weighted by Crippen LogP contribution is 2.21.